The Labute approximate surface area is 108 Å². The number of hydrogen-bond acceptors (Lipinski definition) is 6. The molecular weight excluding hydrogens is 258 g/mol. The van der Waals surface area contributed by atoms with Crippen molar-refractivity contribution in [3.05, 3.63) is 5.69 Å². The number of nitrogen functional groups attached to an aromatic ring is 1. The highest BCUT2D eigenvalue weighted by Crippen LogP contribution is 2.30. The molecule has 94 valence electrons. The van der Waals surface area contributed by atoms with Gasteiger partial charge >= 0.3 is 0 Å². The summed E-state index contributed by atoms with van der Waals surface area (Å²) in [6, 6.07) is 0. The Morgan fingerprint density at radius 1 is 1.59 bits per heavy atom. The molecule has 1 aromatic rings. The molecule has 2 rings (SSSR count). The minimum absolute atomic E-state index is 0.157. The van der Waals surface area contributed by atoms with Crippen molar-refractivity contribution in [2.75, 3.05) is 37.8 Å². The molecule has 0 unspecified atom stereocenters. The number of anilines is 1. The van der Waals surface area contributed by atoms with Crippen LogP contribution >= 0.6 is 23.1 Å². The summed E-state index contributed by atoms with van der Waals surface area (Å²) in [4.78, 5) is 17.9. The number of thioether (sulfide) groups is 1. The van der Waals surface area contributed by atoms with E-state index in [9.17, 15) is 4.79 Å². The second-order valence-corrected chi connectivity index (χ2v) is 5.98. The molecule has 1 saturated heterocycles. The fourth-order valence-corrected chi connectivity index (χ4v) is 3.49. The van der Waals surface area contributed by atoms with Crippen molar-refractivity contribution in [2.24, 2.45) is 0 Å². The fraction of sp³-hybridized carbons (Fsp3) is 0.600. The van der Waals surface area contributed by atoms with Crippen LogP contribution in [0.4, 0.5) is 5.13 Å². The zero-order valence-electron chi connectivity index (χ0n) is 9.64. The Hall–Kier alpha value is -0.790. The number of hydrogen-bond donors (Lipinski definition) is 1. The average Bonchev–Trinajstić information content (AvgIpc) is 2.66. The van der Waals surface area contributed by atoms with Gasteiger partial charge in [0.05, 0.1) is 28.9 Å². The van der Waals surface area contributed by atoms with Gasteiger partial charge in [-0.3, -0.25) is 4.79 Å². The topological polar surface area (TPSA) is 68.5 Å². The van der Waals surface area contributed by atoms with E-state index in [1.807, 2.05) is 11.8 Å². The SMILES string of the molecule is Cc1nc(N)sc1SCC(=O)N1CCOCC1. The highest BCUT2D eigenvalue weighted by molar-refractivity contribution is 8.01. The molecule has 0 aliphatic carbocycles. The molecule has 17 heavy (non-hydrogen) atoms. The van der Waals surface area contributed by atoms with Crippen LogP contribution in [0.25, 0.3) is 0 Å². The first-order valence-electron chi connectivity index (χ1n) is 5.38. The van der Waals surface area contributed by atoms with Gasteiger partial charge in [0, 0.05) is 13.1 Å². The third kappa shape index (κ3) is 3.34. The van der Waals surface area contributed by atoms with Crippen molar-refractivity contribution in [3.8, 4) is 0 Å². The van der Waals surface area contributed by atoms with Crippen molar-refractivity contribution in [1.29, 1.82) is 0 Å². The molecule has 0 radical (unpaired) electrons. The maximum Gasteiger partial charge on any atom is 0.233 e. The lowest BCUT2D eigenvalue weighted by atomic mass is 10.4. The number of carbonyl (C=O) groups is 1. The van der Waals surface area contributed by atoms with Gasteiger partial charge < -0.3 is 15.4 Å². The lowest BCUT2D eigenvalue weighted by Gasteiger charge is -2.26. The Balaban J connectivity index is 1.85. The Bertz CT molecular complexity index is 402. The third-order valence-electron chi connectivity index (χ3n) is 2.46. The number of aromatic nitrogens is 1. The van der Waals surface area contributed by atoms with E-state index < -0.39 is 0 Å². The van der Waals surface area contributed by atoms with Crippen LogP contribution in [0.3, 0.4) is 0 Å². The molecule has 0 aromatic carbocycles. The van der Waals surface area contributed by atoms with E-state index >= 15 is 0 Å². The maximum absolute atomic E-state index is 11.9. The molecule has 1 aliphatic rings. The van der Waals surface area contributed by atoms with Gasteiger partial charge in [0.1, 0.15) is 0 Å². The Kier molecular flexibility index (Phi) is 4.25. The summed E-state index contributed by atoms with van der Waals surface area (Å²) < 4.78 is 6.24. The maximum atomic E-state index is 11.9. The van der Waals surface area contributed by atoms with Crippen LogP contribution in [0.5, 0.6) is 0 Å². The van der Waals surface area contributed by atoms with E-state index in [1.54, 1.807) is 0 Å². The van der Waals surface area contributed by atoms with Crippen LogP contribution < -0.4 is 5.73 Å². The lowest BCUT2D eigenvalue weighted by Crippen LogP contribution is -2.41. The molecule has 0 atom stereocenters. The predicted octanol–water partition coefficient (Wildman–Crippen LogP) is 0.985. The van der Waals surface area contributed by atoms with Crippen LogP contribution in [-0.2, 0) is 9.53 Å². The van der Waals surface area contributed by atoms with Crippen molar-refractivity contribution >= 4 is 34.1 Å². The highest BCUT2D eigenvalue weighted by atomic mass is 32.2. The number of morpholine rings is 1. The summed E-state index contributed by atoms with van der Waals surface area (Å²) in [5.41, 5.74) is 6.52. The molecule has 2 heterocycles. The number of aryl methyl sites for hydroxylation is 1. The second-order valence-electron chi connectivity index (χ2n) is 3.71. The molecule has 0 spiro atoms. The van der Waals surface area contributed by atoms with E-state index in [1.165, 1.54) is 23.1 Å². The summed E-state index contributed by atoms with van der Waals surface area (Å²) in [6.45, 7) is 4.59. The summed E-state index contributed by atoms with van der Waals surface area (Å²) in [6.07, 6.45) is 0. The summed E-state index contributed by atoms with van der Waals surface area (Å²) >= 11 is 2.95. The Morgan fingerprint density at radius 3 is 2.88 bits per heavy atom. The molecule has 5 nitrogen and oxygen atoms in total. The first-order chi connectivity index (χ1) is 8.16. The van der Waals surface area contributed by atoms with E-state index in [2.05, 4.69) is 4.98 Å². The largest absolute Gasteiger partial charge is 0.378 e. The third-order valence-corrected chi connectivity index (χ3v) is 4.79. The summed E-state index contributed by atoms with van der Waals surface area (Å²) in [5, 5.41) is 0.559. The molecule has 1 aromatic heterocycles. The first kappa shape index (κ1) is 12.7. The standard InChI is InChI=1S/C10H15N3O2S2/c1-7-9(17-10(11)12-7)16-6-8(14)13-2-4-15-5-3-13/h2-6H2,1H3,(H2,11,12). The lowest BCUT2D eigenvalue weighted by molar-refractivity contribution is -0.132. The number of carbonyl (C=O) groups excluding carboxylic acids is 1. The van der Waals surface area contributed by atoms with Gasteiger partial charge in [-0.2, -0.15) is 0 Å². The number of nitrogens with zero attached hydrogens (tertiary/aromatic N) is 2. The average molecular weight is 273 g/mol. The van der Waals surface area contributed by atoms with Crippen molar-refractivity contribution < 1.29 is 9.53 Å². The van der Waals surface area contributed by atoms with Crippen LogP contribution in [0, 0.1) is 6.92 Å². The molecule has 1 fully saturated rings. The molecule has 1 amide bonds. The first-order valence-corrected chi connectivity index (χ1v) is 7.18. The summed E-state index contributed by atoms with van der Waals surface area (Å²) in [7, 11) is 0. The molecule has 2 N–H and O–H groups in total. The quantitative estimate of drug-likeness (QED) is 0.832. The van der Waals surface area contributed by atoms with E-state index in [0.717, 1.165) is 9.90 Å². The van der Waals surface area contributed by atoms with Crippen molar-refractivity contribution in [1.82, 2.24) is 9.88 Å². The van der Waals surface area contributed by atoms with E-state index in [4.69, 9.17) is 10.5 Å². The van der Waals surface area contributed by atoms with E-state index in [0.29, 0.717) is 37.2 Å². The number of thiazole rings is 1. The van der Waals surface area contributed by atoms with Gasteiger partial charge in [0.25, 0.3) is 0 Å². The smallest absolute Gasteiger partial charge is 0.233 e. The predicted molar refractivity (Wildman–Crippen MR) is 69.4 cm³/mol. The van der Waals surface area contributed by atoms with Gasteiger partial charge in [0.2, 0.25) is 5.91 Å². The fourth-order valence-electron chi connectivity index (χ4n) is 1.57. The Morgan fingerprint density at radius 2 is 2.29 bits per heavy atom. The van der Waals surface area contributed by atoms with Crippen molar-refractivity contribution in [3.63, 3.8) is 0 Å². The van der Waals surface area contributed by atoms with Gasteiger partial charge in [-0.05, 0) is 6.92 Å². The van der Waals surface area contributed by atoms with Crippen LogP contribution in [-0.4, -0.2) is 47.8 Å². The number of ether oxygens (including phenoxy) is 1. The monoisotopic (exact) mass is 273 g/mol. The minimum atomic E-state index is 0.157. The zero-order valence-corrected chi connectivity index (χ0v) is 11.3. The second kappa shape index (κ2) is 5.70. The van der Waals surface area contributed by atoms with Gasteiger partial charge in [0.15, 0.2) is 5.13 Å². The van der Waals surface area contributed by atoms with Gasteiger partial charge in [-0.15, -0.1) is 11.8 Å². The molecule has 0 bridgehead atoms. The molecule has 0 saturated carbocycles. The highest BCUT2D eigenvalue weighted by Gasteiger charge is 2.17. The zero-order chi connectivity index (χ0) is 12.3. The number of nitrogens with two attached hydrogens (primary N) is 1. The molecular formula is C10H15N3O2S2. The number of amides is 1. The summed E-state index contributed by atoms with van der Waals surface area (Å²) in [5.74, 6) is 0.604. The van der Waals surface area contributed by atoms with Crippen LogP contribution in [0.15, 0.2) is 4.21 Å². The van der Waals surface area contributed by atoms with Gasteiger partial charge in [-0.1, -0.05) is 11.3 Å². The van der Waals surface area contributed by atoms with Crippen LogP contribution in [0.2, 0.25) is 0 Å². The van der Waals surface area contributed by atoms with Crippen molar-refractivity contribution in [2.45, 2.75) is 11.1 Å². The molecule has 1 aliphatic heterocycles. The van der Waals surface area contributed by atoms with E-state index in [-0.39, 0.29) is 5.91 Å². The van der Waals surface area contributed by atoms with Gasteiger partial charge in [-0.25, -0.2) is 4.98 Å². The number of rotatable bonds is 3. The minimum Gasteiger partial charge on any atom is -0.378 e. The van der Waals surface area contributed by atoms with Crippen LogP contribution in [0.1, 0.15) is 5.69 Å². The molecule has 7 heteroatoms. The normalized spacial score (nSPS) is 16.2.